The highest BCUT2D eigenvalue weighted by atomic mass is 16.5. The zero-order valence-electron chi connectivity index (χ0n) is 12.7. The van der Waals surface area contributed by atoms with Gasteiger partial charge in [0.2, 0.25) is 5.91 Å². The van der Waals surface area contributed by atoms with E-state index >= 15 is 0 Å². The van der Waals surface area contributed by atoms with Gasteiger partial charge in [-0.2, -0.15) is 0 Å². The molecule has 0 aromatic rings. The summed E-state index contributed by atoms with van der Waals surface area (Å²) in [5, 5.41) is 14.9. The molecule has 3 unspecified atom stereocenters. The standard InChI is InChI=1S/C14H26N2O4/c1-14(2,3)7-9(5-12(17)18)16-13(19)11-6-10(20-4)8-15-11/h9-11,15H,5-8H2,1-4H3,(H,16,19)(H,17,18). The van der Waals surface area contributed by atoms with Crippen LogP contribution in [0.25, 0.3) is 0 Å². The smallest absolute Gasteiger partial charge is 0.305 e. The monoisotopic (exact) mass is 286 g/mol. The van der Waals surface area contributed by atoms with Crippen molar-refractivity contribution >= 4 is 11.9 Å². The highest BCUT2D eigenvalue weighted by Gasteiger charge is 2.31. The van der Waals surface area contributed by atoms with E-state index in [9.17, 15) is 9.59 Å². The first-order chi connectivity index (χ1) is 9.21. The fraction of sp³-hybridized carbons (Fsp3) is 0.857. The molecule has 116 valence electrons. The number of methoxy groups -OCH3 is 1. The van der Waals surface area contributed by atoms with Crippen LogP contribution in [0.5, 0.6) is 0 Å². The van der Waals surface area contributed by atoms with Crippen molar-refractivity contribution in [1.82, 2.24) is 10.6 Å². The molecule has 0 saturated carbocycles. The Morgan fingerprint density at radius 3 is 2.55 bits per heavy atom. The van der Waals surface area contributed by atoms with Crippen molar-refractivity contribution < 1.29 is 19.4 Å². The average molecular weight is 286 g/mol. The zero-order chi connectivity index (χ0) is 15.3. The summed E-state index contributed by atoms with van der Waals surface area (Å²) in [7, 11) is 1.62. The van der Waals surface area contributed by atoms with E-state index in [0.29, 0.717) is 19.4 Å². The molecule has 0 radical (unpaired) electrons. The number of aliphatic carboxylic acids is 1. The molecular formula is C14H26N2O4. The minimum atomic E-state index is -0.895. The van der Waals surface area contributed by atoms with Crippen LogP contribution in [-0.4, -0.2) is 48.8 Å². The lowest BCUT2D eigenvalue weighted by Gasteiger charge is -2.26. The van der Waals surface area contributed by atoms with Crippen LogP contribution in [0.15, 0.2) is 0 Å². The molecule has 1 aliphatic heterocycles. The maximum Gasteiger partial charge on any atom is 0.305 e. The Balaban J connectivity index is 2.55. The first-order valence-electron chi connectivity index (χ1n) is 6.99. The molecule has 1 aliphatic rings. The van der Waals surface area contributed by atoms with Gasteiger partial charge < -0.3 is 20.5 Å². The predicted octanol–water partition coefficient (Wildman–Crippen LogP) is 0.759. The molecule has 0 aromatic heterocycles. The van der Waals surface area contributed by atoms with Gasteiger partial charge in [0.1, 0.15) is 0 Å². The Labute approximate surface area is 120 Å². The van der Waals surface area contributed by atoms with Gasteiger partial charge in [-0.05, 0) is 18.3 Å². The molecule has 6 heteroatoms. The van der Waals surface area contributed by atoms with E-state index in [4.69, 9.17) is 9.84 Å². The van der Waals surface area contributed by atoms with Crippen LogP contribution >= 0.6 is 0 Å². The van der Waals surface area contributed by atoms with E-state index in [1.807, 2.05) is 20.8 Å². The third-order valence-corrected chi connectivity index (χ3v) is 3.37. The Morgan fingerprint density at radius 1 is 1.45 bits per heavy atom. The van der Waals surface area contributed by atoms with Gasteiger partial charge in [0.05, 0.1) is 18.6 Å². The second-order valence-electron chi connectivity index (χ2n) is 6.62. The quantitative estimate of drug-likeness (QED) is 0.671. The molecule has 1 heterocycles. The number of carboxylic acids is 1. The summed E-state index contributed by atoms with van der Waals surface area (Å²) < 4.78 is 5.21. The summed E-state index contributed by atoms with van der Waals surface area (Å²) in [5.74, 6) is -1.03. The van der Waals surface area contributed by atoms with Crippen molar-refractivity contribution in [3.05, 3.63) is 0 Å². The highest BCUT2D eigenvalue weighted by molar-refractivity contribution is 5.83. The van der Waals surface area contributed by atoms with Crippen LogP contribution in [0.3, 0.4) is 0 Å². The maximum atomic E-state index is 12.2. The number of hydrogen-bond donors (Lipinski definition) is 3. The lowest BCUT2D eigenvalue weighted by atomic mass is 9.87. The second kappa shape index (κ2) is 7.04. The van der Waals surface area contributed by atoms with Gasteiger partial charge >= 0.3 is 5.97 Å². The number of ether oxygens (including phenoxy) is 1. The lowest BCUT2D eigenvalue weighted by Crippen LogP contribution is -2.47. The van der Waals surface area contributed by atoms with E-state index in [0.717, 1.165) is 0 Å². The number of carboxylic acid groups (broad SMARTS) is 1. The van der Waals surface area contributed by atoms with Gasteiger partial charge in [0.25, 0.3) is 0 Å². The largest absolute Gasteiger partial charge is 0.481 e. The normalized spacial score (nSPS) is 24.4. The van der Waals surface area contributed by atoms with Gasteiger partial charge in [-0.3, -0.25) is 9.59 Å². The van der Waals surface area contributed by atoms with Gasteiger partial charge in [-0.1, -0.05) is 20.8 Å². The summed E-state index contributed by atoms with van der Waals surface area (Å²) in [6.07, 6.45) is 1.25. The summed E-state index contributed by atoms with van der Waals surface area (Å²) >= 11 is 0. The van der Waals surface area contributed by atoms with E-state index < -0.39 is 5.97 Å². The van der Waals surface area contributed by atoms with Gasteiger partial charge in [-0.15, -0.1) is 0 Å². The number of hydrogen-bond acceptors (Lipinski definition) is 4. The molecule has 6 nitrogen and oxygen atoms in total. The molecule has 3 N–H and O–H groups in total. The third-order valence-electron chi connectivity index (χ3n) is 3.37. The Kier molecular flexibility index (Phi) is 5.95. The van der Waals surface area contributed by atoms with Crippen LogP contribution in [0, 0.1) is 5.41 Å². The molecule has 1 saturated heterocycles. The molecule has 0 spiro atoms. The molecule has 3 atom stereocenters. The number of carbonyl (C=O) groups excluding carboxylic acids is 1. The van der Waals surface area contributed by atoms with E-state index in [1.54, 1.807) is 7.11 Å². The number of rotatable bonds is 6. The first kappa shape index (κ1) is 16.9. The van der Waals surface area contributed by atoms with Crippen molar-refractivity contribution in [2.45, 2.75) is 58.2 Å². The Bertz CT molecular complexity index is 352. The van der Waals surface area contributed by atoms with Crippen LogP contribution < -0.4 is 10.6 Å². The summed E-state index contributed by atoms with van der Waals surface area (Å²) in [5.41, 5.74) is -0.0361. The van der Waals surface area contributed by atoms with Gasteiger partial charge in [0.15, 0.2) is 0 Å². The Morgan fingerprint density at radius 2 is 2.10 bits per heavy atom. The van der Waals surface area contributed by atoms with Gasteiger partial charge in [0, 0.05) is 19.7 Å². The third kappa shape index (κ3) is 5.88. The average Bonchev–Trinajstić information content (AvgIpc) is 2.73. The van der Waals surface area contributed by atoms with Crippen LogP contribution in [0.2, 0.25) is 0 Å². The molecular weight excluding hydrogens is 260 g/mol. The topological polar surface area (TPSA) is 87.7 Å². The summed E-state index contributed by atoms with van der Waals surface area (Å²) in [6, 6.07) is -0.639. The summed E-state index contributed by atoms with van der Waals surface area (Å²) in [6.45, 7) is 6.74. The van der Waals surface area contributed by atoms with Crippen molar-refractivity contribution in [3.63, 3.8) is 0 Å². The van der Waals surface area contributed by atoms with Crippen LogP contribution in [0.1, 0.15) is 40.0 Å². The van der Waals surface area contributed by atoms with Crippen molar-refractivity contribution in [2.75, 3.05) is 13.7 Å². The number of carbonyl (C=O) groups is 2. The molecule has 1 fully saturated rings. The SMILES string of the molecule is COC1CNC(C(=O)NC(CC(=O)O)CC(C)(C)C)C1. The van der Waals surface area contributed by atoms with Crippen LogP contribution in [0.4, 0.5) is 0 Å². The Hall–Kier alpha value is -1.14. The fourth-order valence-corrected chi connectivity index (χ4v) is 2.51. The minimum absolute atomic E-state index is 0.0361. The minimum Gasteiger partial charge on any atom is -0.481 e. The predicted molar refractivity (Wildman–Crippen MR) is 75.5 cm³/mol. The maximum absolute atomic E-state index is 12.2. The van der Waals surface area contributed by atoms with Crippen LogP contribution in [-0.2, 0) is 14.3 Å². The zero-order valence-corrected chi connectivity index (χ0v) is 12.7. The molecule has 0 bridgehead atoms. The van der Waals surface area contributed by atoms with Crippen molar-refractivity contribution in [1.29, 1.82) is 0 Å². The van der Waals surface area contributed by atoms with Crippen molar-refractivity contribution in [3.8, 4) is 0 Å². The fourth-order valence-electron chi connectivity index (χ4n) is 2.51. The molecule has 20 heavy (non-hydrogen) atoms. The summed E-state index contributed by atoms with van der Waals surface area (Å²) in [4.78, 5) is 23.1. The van der Waals surface area contributed by atoms with E-state index in [2.05, 4.69) is 10.6 Å². The van der Waals surface area contributed by atoms with E-state index in [-0.39, 0.29) is 35.9 Å². The first-order valence-corrected chi connectivity index (χ1v) is 6.99. The lowest BCUT2D eigenvalue weighted by molar-refractivity contribution is -0.138. The number of amides is 1. The number of nitrogens with one attached hydrogen (secondary N) is 2. The van der Waals surface area contributed by atoms with Gasteiger partial charge in [-0.25, -0.2) is 0 Å². The van der Waals surface area contributed by atoms with Crippen molar-refractivity contribution in [2.24, 2.45) is 5.41 Å². The van der Waals surface area contributed by atoms with E-state index in [1.165, 1.54) is 0 Å². The molecule has 1 rings (SSSR count). The molecule has 1 amide bonds. The molecule has 0 aliphatic carbocycles. The highest BCUT2D eigenvalue weighted by Crippen LogP contribution is 2.22. The second-order valence-corrected chi connectivity index (χ2v) is 6.62. The molecule has 0 aromatic carbocycles.